The van der Waals surface area contributed by atoms with E-state index in [-0.39, 0.29) is 5.41 Å². The van der Waals surface area contributed by atoms with Gasteiger partial charge in [-0.15, -0.1) is 0 Å². The van der Waals surface area contributed by atoms with Gasteiger partial charge >= 0.3 is 0 Å². The molecule has 0 aliphatic heterocycles. The standard InChI is InChI=1S/C14H18N4/c15-9-14(6-2-7-14)13-17-11-3-1-8-16-12(11)18(13)10-4-5-10/h1,3,8,10H,2,4-7,9,15H2. The van der Waals surface area contributed by atoms with E-state index < -0.39 is 0 Å². The van der Waals surface area contributed by atoms with E-state index in [2.05, 4.69) is 15.6 Å². The Labute approximate surface area is 106 Å². The Kier molecular flexibility index (Phi) is 2.07. The first kappa shape index (κ1) is 10.5. The summed E-state index contributed by atoms with van der Waals surface area (Å²) in [6, 6.07) is 4.64. The summed E-state index contributed by atoms with van der Waals surface area (Å²) >= 11 is 0. The summed E-state index contributed by atoms with van der Waals surface area (Å²) in [4.78, 5) is 9.39. The fourth-order valence-electron chi connectivity index (χ4n) is 3.10. The van der Waals surface area contributed by atoms with E-state index in [1.54, 1.807) is 0 Å². The van der Waals surface area contributed by atoms with Crippen LogP contribution in [0.4, 0.5) is 0 Å². The Morgan fingerprint density at radius 1 is 1.39 bits per heavy atom. The van der Waals surface area contributed by atoms with E-state index in [0.29, 0.717) is 12.6 Å². The van der Waals surface area contributed by atoms with Crippen LogP contribution in [0.25, 0.3) is 11.2 Å². The number of pyridine rings is 1. The predicted molar refractivity (Wildman–Crippen MR) is 70.4 cm³/mol. The Morgan fingerprint density at radius 3 is 2.83 bits per heavy atom. The van der Waals surface area contributed by atoms with Crippen LogP contribution in [0.5, 0.6) is 0 Å². The third kappa shape index (κ3) is 1.29. The first-order valence-corrected chi connectivity index (χ1v) is 6.88. The van der Waals surface area contributed by atoms with Gasteiger partial charge in [0.25, 0.3) is 0 Å². The molecule has 2 heterocycles. The zero-order valence-corrected chi connectivity index (χ0v) is 10.5. The fraction of sp³-hybridized carbons (Fsp3) is 0.571. The zero-order chi connectivity index (χ0) is 12.2. The van der Waals surface area contributed by atoms with Crippen molar-refractivity contribution in [3.05, 3.63) is 24.2 Å². The van der Waals surface area contributed by atoms with Gasteiger partial charge in [0.1, 0.15) is 11.3 Å². The second-order valence-corrected chi connectivity index (χ2v) is 5.72. The number of aromatic nitrogens is 3. The quantitative estimate of drug-likeness (QED) is 0.897. The molecule has 0 amide bonds. The van der Waals surface area contributed by atoms with Gasteiger partial charge in [-0.25, -0.2) is 9.97 Å². The number of nitrogens with zero attached hydrogens (tertiary/aromatic N) is 3. The third-order valence-electron chi connectivity index (χ3n) is 4.54. The minimum absolute atomic E-state index is 0.128. The SMILES string of the molecule is NCC1(c2nc3cccnc3n2C2CC2)CCC1. The average Bonchev–Trinajstić information content (AvgIpc) is 3.10. The van der Waals surface area contributed by atoms with E-state index in [1.165, 1.54) is 37.9 Å². The van der Waals surface area contributed by atoms with Crippen molar-refractivity contribution in [3.63, 3.8) is 0 Å². The van der Waals surface area contributed by atoms with Crippen molar-refractivity contribution < 1.29 is 0 Å². The predicted octanol–water partition coefficient (Wildman–Crippen LogP) is 2.15. The lowest BCUT2D eigenvalue weighted by Gasteiger charge is -2.40. The zero-order valence-electron chi connectivity index (χ0n) is 10.5. The average molecular weight is 242 g/mol. The van der Waals surface area contributed by atoms with E-state index in [9.17, 15) is 0 Å². The second-order valence-electron chi connectivity index (χ2n) is 5.72. The molecule has 0 aromatic carbocycles. The molecule has 0 spiro atoms. The Bertz CT molecular complexity index is 587. The molecule has 2 aromatic rings. The van der Waals surface area contributed by atoms with Crippen molar-refractivity contribution in [2.75, 3.05) is 6.54 Å². The molecule has 4 nitrogen and oxygen atoms in total. The van der Waals surface area contributed by atoms with E-state index in [0.717, 1.165) is 11.2 Å². The molecule has 2 aliphatic carbocycles. The molecule has 0 saturated heterocycles. The molecule has 94 valence electrons. The first-order chi connectivity index (χ1) is 8.84. The summed E-state index contributed by atoms with van der Waals surface area (Å²) in [5.74, 6) is 1.20. The summed E-state index contributed by atoms with van der Waals surface area (Å²) in [7, 11) is 0. The Balaban J connectivity index is 1.96. The van der Waals surface area contributed by atoms with Crippen molar-refractivity contribution in [1.82, 2.24) is 14.5 Å². The van der Waals surface area contributed by atoms with Gasteiger partial charge in [-0.3, -0.25) is 0 Å². The lowest BCUT2D eigenvalue weighted by molar-refractivity contribution is 0.231. The highest BCUT2D eigenvalue weighted by atomic mass is 15.2. The van der Waals surface area contributed by atoms with Crippen molar-refractivity contribution >= 4 is 11.2 Å². The second kappa shape index (κ2) is 3.54. The summed E-state index contributed by atoms with van der Waals surface area (Å²) in [6.07, 6.45) is 8.02. The maximum atomic E-state index is 6.04. The smallest absolute Gasteiger partial charge is 0.160 e. The molecule has 2 aromatic heterocycles. The van der Waals surface area contributed by atoms with Crippen LogP contribution in [0.3, 0.4) is 0 Å². The minimum Gasteiger partial charge on any atom is -0.329 e. The lowest BCUT2D eigenvalue weighted by atomic mass is 9.68. The molecule has 2 fully saturated rings. The number of nitrogens with two attached hydrogens (primary N) is 1. The van der Waals surface area contributed by atoms with E-state index in [1.807, 2.05) is 12.3 Å². The number of imidazole rings is 1. The van der Waals surface area contributed by atoms with E-state index in [4.69, 9.17) is 10.7 Å². The van der Waals surface area contributed by atoms with Crippen LogP contribution in [0.2, 0.25) is 0 Å². The van der Waals surface area contributed by atoms with Gasteiger partial charge in [-0.1, -0.05) is 6.42 Å². The molecule has 2 aliphatic rings. The highest BCUT2D eigenvalue weighted by Crippen LogP contribution is 2.47. The Morgan fingerprint density at radius 2 is 2.22 bits per heavy atom. The van der Waals surface area contributed by atoms with Gasteiger partial charge in [0.15, 0.2) is 5.65 Å². The number of hydrogen-bond acceptors (Lipinski definition) is 3. The van der Waals surface area contributed by atoms with Crippen molar-refractivity contribution in [1.29, 1.82) is 0 Å². The largest absolute Gasteiger partial charge is 0.329 e. The van der Waals surface area contributed by atoms with Gasteiger partial charge in [-0.2, -0.15) is 0 Å². The molecule has 0 unspecified atom stereocenters. The Hall–Kier alpha value is -1.42. The summed E-state index contributed by atoms with van der Waals surface area (Å²) in [6.45, 7) is 0.711. The van der Waals surface area contributed by atoms with Crippen LogP contribution in [0.15, 0.2) is 18.3 Å². The molecule has 4 heteroatoms. The molecule has 18 heavy (non-hydrogen) atoms. The monoisotopic (exact) mass is 242 g/mol. The normalized spacial score (nSPS) is 22.1. The maximum absolute atomic E-state index is 6.04. The van der Waals surface area contributed by atoms with Gasteiger partial charge in [0.05, 0.1) is 0 Å². The number of rotatable bonds is 3. The van der Waals surface area contributed by atoms with Crippen LogP contribution in [-0.2, 0) is 5.41 Å². The summed E-state index contributed by atoms with van der Waals surface area (Å²) in [5.41, 5.74) is 8.24. The van der Waals surface area contributed by atoms with Gasteiger partial charge < -0.3 is 10.3 Å². The minimum atomic E-state index is 0.128. The van der Waals surface area contributed by atoms with Crippen molar-refractivity contribution in [2.45, 2.75) is 43.6 Å². The summed E-state index contributed by atoms with van der Waals surface area (Å²) < 4.78 is 2.38. The fourth-order valence-corrected chi connectivity index (χ4v) is 3.10. The lowest BCUT2D eigenvalue weighted by Crippen LogP contribution is -2.43. The van der Waals surface area contributed by atoms with Crippen LogP contribution in [0.1, 0.15) is 44.0 Å². The topological polar surface area (TPSA) is 56.7 Å². The molecular formula is C14H18N4. The molecule has 4 rings (SSSR count). The number of fused-ring (bicyclic) bond motifs is 1. The molecule has 0 radical (unpaired) electrons. The van der Waals surface area contributed by atoms with Crippen LogP contribution < -0.4 is 5.73 Å². The molecule has 0 bridgehead atoms. The summed E-state index contributed by atoms with van der Waals surface area (Å²) in [5, 5.41) is 0. The maximum Gasteiger partial charge on any atom is 0.160 e. The van der Waals surface area contributed by atoms with Crippen molar-refractivity contribution in [3.8, 4) is 0 Å². The highest BCUT2D eigenvalue weighted by Gasteiger charge is 2.44. The van der Waals surface area contributed by atoms with Gasteiger partial charge in [-0.05, 0) is 37.8 Å². The van der Waals surface area contributed by atoms with Crippen molar-refractivity contribution in [2.24, 2.45) is 5.73 Å². The molecule has 2 N–H and O–H groups in total. The van der Waals surface area contributed by atoms with Gasteiger partial charge in [0.2, 0.25) is 0 Å². The van der Waals surface area contributed by atoms with E-state index >= 15 is 0 Å². The first-order valence-electron chi connectivity index (χ1n) is 6.88. The van der Waals surface area contributed by atoms with Crippen LogP contribution in [0, 0.1) is 0 Å². The molecule has 2 saturated carbocycles. The van der Waals surface area contributed by atoms with Crippen LogP contribution >= 0.6 is 0 Å². The third-order valence-corrected chi connectivity index (χ3v) is 4.54. The highest BCUT2D eigenvalue weighted by molar-refractivity contribution is 5.72. The number of hydrogen-bond donors (Lipinski definition) is 1. The molecular weight excluding hydrogens is 224 g/mol. The van der Waals surface area contributed by atoms with Crippen LogP contribution in [-0.4, -0.2) is 21.1 Å². The molecule has 0 atom stereocenters. The van der Waals surface area contributed by atoms with Gasteiger partial charge in [0, 0.05) is 24.2 Å².